The van der Waals surface area contributed by atoms with E-state index in [9.17, 15) is 0 Å². The molecule has 4 nitrogen and oxygen atoms in total. The van der Waals surface area contributed by atoms with Crippen molar-refractivity contribution in [2.75, 3.05) is 9.80 Å². The third-order valence-corrected chi connectivity index (χ3v) is 17.2. The lowest BCUT2D eigenvalue weighted by Gasteiger charge is -2.50. The Hall–Kier alpha value is -7.04. The molecule has 3 aliphatic rings. The lowest BCUT2D eigenvalue weighted by molar-refractivity contribution is 0.590. The third-order valence-electron chi connectivity index (χ3n) is 12.9. The fraction of sp³-hybridized carbons (Fsp3) is 0.0182. The van der Waals surface area contributed by atoms with Crippen LogP contribution in [0.3, 0.4) is 0 Å². The zero-order chi connectivity index (χ0) is 40.3. The maximum Gasteiger partial charge on any atom is 0.171 e. The highest BCUT2D eigenvalue weighted by Crippen LogP contribution is 2.64. The van der Waals surface area contributed by atoms with E-state index in [1.807, 2.05) is 60.3 Å². The minimum Gasteiger partial charge on any atom is -0.456 e. The molecule has 288 valence electrons. The largest absolute Gasteiger partial charge is 0.456 e. The second-order valence-corrected chi connectivity index (χ2v) is 19.7. The van der Waals surface area contributed by atoms with Crippen LogP contribution in [0, 0.1) is 0 Å². The molecule has 0 saturated carbocycles. The summed E-state index contributed by atoms with van der Waals surface area (Å²) in [5.74, 6) is 0. The molecular formula is C55H35N2O2PS. The van der Waals surface area contributed by atoms with Gasteiger partial charge in [0.2, 0.25) is 0 Å². The Morgan fingerprint density at radius 3 is 1.77 bits per heavy atom. The molecule has 6 heteroatoms. The molecular weight excluding hydrogens is 784 g/mol. The lowest BCUT2D eigenvalue weighted by atomic mass is 9.62. The number of furan rings is 1. The molecule has 0 aliphatic carbocycles. The van der Waals surface area contributed by atoms with Gasteiger partial charge in [-0.2, -0.15) is 0 Å². The molecule has 1 spiro atoms. The van der Waals surface area contributed by atoms with E-state index in [0.717, 1.165) is 94.2 Å². The molecule has 0 amide bonds. The minimum absolute atomic E-state index is 0.733. The molecule has 2 atom stereocenters. The van der Waals surface area contributed by atoms with Crippen LogP contribution in [-0.2, 0) is 9.98 Å². The molecule has 0 bridgehead atoms. The van der Waals surface area contributed by atoms with Crippen LogP contribution in [0.4, 0.5) is 34.1 Å². The van der Waals surface area contributed by atoms with Gasteiger partial charge in [0, 0.05) is 47.9 Å². The van der Waals surface area contributed by atoms with E-state index in [-0.39, 0.29) is 0 Å². The molecule has 2 unspecified atom stereocenters. The molecule has 13 rings (SSSR count). The number of para-hydroxylation sites is 5. The molecule has 0 radical (unpaired) electrons. The summed E-state index contributed by atoms with van der Waals surface area (Å²) in [6.45, 7) is 0. The number of nitrogens with zero attached hydrogens (tertiary/aromatic N) is 2. The van der Waals surface area contributed by atoms with Crippen LogP contribution in [0.25, 0.3) is 21.9 Å². The highest BCUT2D eigenvalue weighted by Gasteiger charge is 2.55. The normalized spacial score (nSPS) is 18.2. The van der Waals surface area contributed by atoms with Crippen LogP contribution in [0.15, 0.2) is 227 Å². The first-order valence-corrected chi connectivity index (χ1v) is 23.1. The Bertz CT molecular complexity index is 3430. The monoisotopic (exact) mass is 818 g/mol. The Morgan fingerprint density at radius 2 is 1.00 bits per heavy atom. The van der Waals surface area contributed by atoms with Crippen molar-refractivity contribution in [3.05, 3.63) is 235 Å². The number of hydrogen-bond acceptors (Lipinski definition) is 5. The van der Waals surface area contributed by atoms with E-state index in [0.29, 0.717) is 0 Å². The van der Waals surface area contributed by atoms with Crippen molar-refractivity contribution in [3.8, 4) is 0 Å². The van der Waals surface area contributed by atoms with Crippen molar-refractivity contribution < 1.29 is 8.98 Å². The fourth-order valence-corrected chi connectivity index (χ4v) is 14.6. The summed E-state index contributed by atoms with van der Waals surface area (Å²) in [6.07, 6.45) is 0. The maximum atomic E-state index is 16.7. The highest BCUT2D eigenvalue weighted by atomic mass is 32.2. The van der Waals surface area contributed by atoms with Crippen LogP contribution >= 0.6 is 18.9 Å². The number of hydrogen-bond donors (Lipinski definition) is 0. The maximum absolute atomic E-state index is 16.7. The summed E-state index contributed by atoms with van der Waals surface area (Å²) in [7, 11) is -3.47. The van der Waals surface area contributed by atoms with Crippen LogP contribution in [-0.4, -0.2) is 0 Å². The summed E-state index contributed by atoms with van der Waals surface area (Å²) >= 11 is 1.81. The molecule has 10 aromatic rings. The van der Waals surface area contributed by atoms with E-state index in [4.69, 9.17) is 4.42 Å². The van der Waals surface area contributed by atoms with Gasteiger partial charge in [-0.25, -0.2) is 0 Å². The summed E-state index contributed by atoms with van der Waals surface area (Å²) in [4.78, 5) is 7.26. The van der Waals surface area contributed by atoms with Crippen molar-refractivity contribution in [1.29, 1.82) is 0 Å². The number of rotatable bonds is 3. The van der Waals surface area contributed by atoms with E-state index < -0.39 is 12.6 Å². The van der Waals surface area contributed by atoms with Gasteiger partial charge in [0.15, 0.2) is 7.14 Å². The lowest BCUT2D eigenvalue weighted by Crippen LogP contribution is -2.49. The predicted molar refractivity (Wildman–Crippen MR) is 252 cm³/mol. The predicted octanol–water partition coefficient (Wildman–Crippen LogP) is 13.6. The second-order valence-electron chi connectivity index (χ2n) is 15.9. The quantitative estimate of drug-likeness (QED) is 0.166. The van der Waals surface area contributed by atoms with Gasteiger partial charge in [-0.05, 0) is 95.1 Å². The van der Waals surface area contributed by atoms with Crippen molar-refractivity contribution in [3.63, 3.8) is 0 Å². The Labute approximate surface area is 357 Å². The fourth-order valence-electron chi connectivity index (χ4n) is 10.4. The summed E-state index contributed by atoms with van der Waals surface area (Å²) in [5, 5.41) is 4.50. The summed E-state index contributed by atoms with van der Waals surface area (Å²) < 4.78 is 23.3. The second kappa shape index (κ2) is 13.0. The molecule has 9 aromatic carbocycles. The van der Waals surface area contributed by atoms with Gasteiger partial charge in [0.05, 0.1) is 28.2 Å². The third kappa shape index (κ3) is 4.71. The van der Waals surface area contributed by atoms with E-state index in [1.165, 1.54) is 9.79 Å². The molecule has 1 aromatic heterocycles. The van der Waals surface area contributed by atoms with E-state index >= 15 is 4.57 Å². The minimum atomic E-state index is -3.47. The average Bonchev–Trinajstić information content (AvgIpc) is 3.70. The van der Waals surface area contributed by atoms with Crippen molar-refractivity contribution in [1.82, 2.24) is 0 Å². The SMILES string of the molecule is O=P1(c2ccccc2)c2ccccc2C2(c3ccccc3N(c3ccccc3)c3cc(N4c5ccccc5Sc5ccccc54)ccc32)c2cc3c(cc21)oc1ccccc13. The van der Waals surface area contributed by atoms with Gasteiger partial charge < -0.3 is 18.8 Å². The highest BCUT2D eigenvalue weighted by molar-refractivity contribution is 7.99. The van der Waals surface area contributed by atoms with Gasteiger partial charge in [-0.1, -0.05) is 151 Å². The Morgan fingerprint density at radius 1 is 0.410 bits per heavy atom. The van der Waals surface area contributed by atoms with Gasteiger partial charge in [-0.15, -0.1) is 0 Å². The number of anilines is 6. The van der Waals surface area contributed by atoms with Gasteiger partial charge in [0.1, 0.15) is 11.2 Å². The van der Waals surface area contributed by atoms with E-state index in [1.54, 1.807) is 0 Å². The molecule has 0 saturated heterocycles. The smallest absolute Gasteiger partial charge is 0.171 e. The summed E-state index contributed by atoms with van der Waals surface area (Å²) in [6, 6.07) is 75.1. The number of fused-ring (bicyclic) bond motifs is 13. The van der Waals surface area contributed by atoms with Crippen LogP contribution in [0.5, 0.6) is 0 Å². The van der Waals surface area contributed by atoms with Gasteiger partial charge >= 0.3 is 0 Å². The topological polar surface area (TPSA) is 36.7 Å². The van der Waals surface area contributed by atoms with Crippen LogP contribution < -0.4 is 25.7 Å². The Kier molecular flexibility index (Phi) is 7.40. The van der Waals surface area contributed by atoms with Crippen molar-refractivity contribution >= 4 is 90.9 Å². The molecule has 3 aliphatic heterocycles. The van der Waals surface area contributed by atoms with Gasteiger partial charge in [0.25, 0.3) is 0 Å². The average molecular weight is 819 g/mol. The summed E-state index contributed by atoms with van der Waals surface area (Å²) in [5.41, 5.74) is 11.5. The first-order valence-electron chi connectivity index (χ1n) is 20.6. The standard InChI is InChI=1S/C55H35N2O2PS/c58-60(38-19-5-2-6-20-38)51-28-14-9-23-43(51)55(44-34-40-39-21-7-13-27-49(39)59-50(40)35-52(44)60)41-22-8-10-24-45(41)56(36-17-3-1-4-18-36)48-33-37(31-32-42(48)55)57-46-25-11-15-29-53(46)61-54-30-16-12-26-47(54)57/h1-35H. The van der Waals surface area contributed by atoms with Crippen molar-refractivity contribution in [2.24, 2.45) is 0 Å². The van der Waals surface area contributed by atoms with E-state index in [2.05, 4.69) is 174 Å². The molecule has 0 N–H and O–H groups in total. The first kappa shape index (κ1) is 34.8. The Balaban J connectivity index is 1.19. The molecule has 61 heavy (non-hydrogen) atoms. The van der Waals surface area contributed by atoms with Crippen LogP contribution in [0.2, 0.25) is 0 Å². The van der Waals surface area contributed by atoms with Gasteiger partial charge in [-0.3, -0.25) is 0 Å². The molecule has 0 fully saturated rings. The zero-order valence-electron chi connectivity index (χ0n) is 32.8. The van der Waals surface area contributed by atoms with Crippen LogP contribution in [0.1, 0.15) is 22.3 Å². The van der Waals surface area contributed by atoms with Crippen molar-refractivity contribution in [2.45, 2.75) is 15.2 Å². The zero-order valence-corrected chi connectivity index (χ0v) is 34.5. The number of benzene rings is 9. The molecule has 4 heterocycles. The first-order chi connectivity index (χ1) is 30.1.